The number of nitrogens with zero attached hydrogens (tertiary/aromatic N) is 1. The van der Waals surface area contributed by atoms with Crippen LogP contribution in [0.3, 0.4) is 0 Å². The number of furan rings is 1. The highest BCUT2D eigenvalue weighted by molar-refractivity contribution is 5.93. The Labute approximate surface area is 131 Å². The zero-order valence-corrected chi connectivity index (χ0v) is 13.0. The maximum Gasteiger partial charge on any atom is 0.158 e. The Morgan fingerprint density at radius 3 is 2.45 bits per heavy atom. The molecule has 0 N–H and O–H groups in total. The summed E-state index contributed by atoms with van der Waals surface area (Å²) in [5, 5.41) is 1.21. The number of fused-ring (bicyclic) bond motifs is 1. The Morgan fingerprint density at radius 2 is 1.68 bits per heavy atom. The van der Waals surface area contributed by atoms with Crippen LogP contribution in [0.4, 0.5) is 5.69 Å². The van der Waals surface area contributed by atoms with Gasteiger partial charge in [-0.3, -0.25) is 0 Å². The Kier molecular flexibility index (Phi) is 3.38. The predicted octanol–water partition coefficient (Wildman–Crippen LogP) is 5.40. The van der Waals surface area contributed by atoms with Crippen LogP contribution in [0, 0.1) is 6.92 Å². The fraction of sp³-hybridized carbons (Fsp3) is 0.300. The number of anilines is 1. The van der Waals surface area contributed by atoms with Crippen LogP contribution in [0.5, 0.6) is 0 Å². The van der Waals surface area contributed by atoms with Gasteiger partial charge in [0.2, 0.25) is 0 Å². The first kappa shape index (κ1) is 13.4. The summed E-state index contributed by atoms with van der Waals surface area (Å²) in [4.78, 5) is 2.48. The summed E-state index contributed by atoms with van der Waals surface area (Å²) in [6.45, 7) is 4.45. The second kappa shape index (κ2) is 5.53. The first-order valence-corrected chi connectivity index (χ1v) is 8.16. The molecule has 2 nitrogen and oxygen atoms in total. The summed E-state index contributed by atoms with van der Waals surface area (Å²) in [6.07, 6.45) is 3.91. The van der Waals surface area contributed by atoms with E-state index >= 15 is 0 Å². The lowest BCUT2D eigenvalue weighted by atomic mass is 10.1. The standard InChI is InChI=1S/C20H21NO/c1-15-12-17-14-19(16-8-4-2-5-9-16)22-20(17)18(13-15)21-10-6-3-7-11-21/h2,4-5,8-9,12-14H,3,6-7,10-11H2,1H3. The molecule has 2 aromatic carbocycles. The molecule has 0 saturated carbocycles. The molecule has 0 aliphatic carbocycles. The van der Waals surface area contributed by atoms with Crippen LogP contribution in [0.1, 0.15) is 24.8 Å². The van der Waals surface area contributed by atoms with E-state index in [1.807, 2.05) is 6.07 Å². The van der Waals surface area contributed by atoms with Gasteiger partial charge in [0, 0.05) is 24.0 Å². The van der Waals surface area contributed by atoms with Gasteiger partial charge in [-0.2, -0.15) is 0 Å². The summed E-state index contributed by atoms with van der Waals surface area (Å²) in [7, 11) is 0. The van der Waals surface area contributed by atoms with Crippen molar-refractivity contribution in [2.75, 3.05) is 18.0 Å². The average molecular weight is 291 g/mol. The minimum Gasteiger partial charge on any atom is -0.454 e. The summed E-state index contributed by atoms with van der Waals surface area (Å²) in [5.41, 5.74) is 4.73. The van der Waals surface area contributed by atoms with E-state index in [0.29, 0.717) is 0 Å². The first-order chi connectivity index (χ1) is 10.8. The van der Waals surface area contributed by atoms with Gasteiger partial charge in [-0.15, -0.1) is 0 Å². The van der Waals surface area contributed by atoms with Crippen LogP contribution >= 0.6 is 0 Å². The molecule has 0 spiro atoms. The lowest BCUT2D eigenvalue weighted by molar-refractivity contribution is 0.571. The van der Waals surface area contributed by atoms with Gasteiger partial charge < -0.3 is 9.32 Å². The van der Waals surface area contributed by atoms with Crippen molar-refractivity contribution in [3.05, 3.63) is 54.1 Å². The lowest BCUT2D eigenvalue weighted by Gasteiger charge is -2.29. The van der Waals surface area contributed by atoms with Crippen molar-refractivity contribution in [1.82, 2.24) is 0 Å². The quantitative estimate of drug-likeness (QED) is 0.628. The van der Waals surface area contributed by atoms with Crippen molar-refractivity contribution < 1.29 is 4.42 Å². The number of hydrogen-bond donors (Lipinski definition) is 0. The monoisotopic (exact) mass is 291 g/mol. The second-order valence-corrected chi connectivity index (χ2v) is 6.23. The molecule has 1 fully saturated rings. The molecule has 112 valence electrons. The third kappa shape index (κ3) is 2.39. The summed E-state index contributed by atoms with van der Waals surface area (Å²) >= 11 is 0. The van der Waals surface area contributed by atoms with Crippen LogP contribution in [-0.2, 0) is 0 Å². The molecule has 0 unspecified atom stereocenters. The van der Waals surface area contributed by atoms with Gasteiger partial charge in [0.1, 0.15) is 5.76 Å². The maximum atomic E-state index is 6.25. The highest BCUT2D eigenvalue weighted by atomic mass is 16.3. The first-order valence-electron chi connectivity index (χ1n) is 8.16. The smallest absolute Gasteiger partial charge is 0.158 e. The number of rotatable bonds is 2. The number of piperidine rings is 1. The Morgan fingerprint density at radius 1 is 0.909 bits per heavy atom. The van der Waals surface area contributed by atoms with Gasteiger partial charge in [-0.05, 0) is 49.9 Å². The Balaban J connectivity index is 1.84. The van der Waals surface area contributed by atoms with E-state index < -0.39 is 0 Å². The topological polar surface area (TPSA) is 16.4 Å². The van der Waals surface area contributed by atoms with Crippen molar-refractivity contribution in [2.24, 2.45) is 0 Å². The zero-order chi connectivity index (χ0) is 14.9. The van der Waals surface area contributed by atoms with E-state index in [1.165, 1.54) is 35.9 Å². The molecule has 2 heteroatoms. The van der Waals surface area contributed by atoms with Gasteiger partial charge in [0.05, 0.1) is 5.69 Å². The van der Waals surface area contributed by atoms with Gasteiger partial charge in [-0.1, -0.05) is 30.3 Å². The third-order valence-electron chi connectivity index (χ3n) is 4.50. The molecule has 1 aromatic heterocycles. The molecular formula is C20H21NO. The largest absolute Gasteiger partial charge is 0.454 e. The minimum atomic E-state index is 0.958. The van der Waals surface area contributed by atoms with E-state index in [-0.39, 0.29) is 0 Å². The van der Waals surface area contributed by atoms with Crippen molar-refractivity contribution in [3.8, 4) is 11.3 Å². The van der Waals surface area contributed by atoms with Gasteiger partial charge in [0.15, 0.2) is 5.58 Å². The molecule has 2 heterocycles. The van der Waals surface area contributed by atoms with Crippen LogP contribution in [0.15, 0.2) is 52.9 Å². The molecule has 0 bridgehead atoms. The number of hydrogen-bond acceptors (Lipinski definition) is 2. The molecule has 1 aliphatic heterocycles. The third-order valence-corrected chi connectivity index (χ3v) is 4.50. The summed E-state index contributed by atoms with van der Waals surface area (Å²) in [5.74, 6) is 0.958. The van der Waals surface area contributed by atoms with Crippen molar-refractivity contribution >= 4 is 16.7 Å². The molecule has 1 saturated heterocycles. The van der Waals surface area contributed by atoms with Crippen LogP contribution in [0.25, 0.3) is 22.3 Å². The fourth-order valence-electron chi connectivity index (χ4n) is 3.40. The number of benzene rings is 2. The van der Waals surface area contributed by atoms with E-state index in [1.54, 1.807) is 0 Å². The summed E-state index contributed by atoms with van der Waals surface area (Å²) in [6, 6.07) is 17.0. The van der Waals surface area contributed by atoms with Crippen LogP contribution < -0.4 is 4.90 Å². The highest BCUT2D eigenvalue weighted by Gasteiger charge is 2.17. The SMILES string of the molecule is Cc1cc(N2CCCCC2)c2oc(-c3ccccc3)cc2c1. The normalized spacial score (nSPS) is 15.4. The van der Waals surface area contributed by atoms with E-state index in [4.69, 9.17) is 4.42 Å². The molecule has 0 amide bonds. The van der Waals surface area contributed by atoms with E-state index in [9.17, 15) is 0 Å². The van der Waals surface area contributed by atoms with Crippen LogP contribution in [0.2, 0.25) is 0 Å². The molecule has 3 aromatic rings. The molecule has 1 aliphatic rings. The van der Waals surface area contributed by atoms with E-state index in [0.717, 1.165) is 30.0 Å². The van der Waals surface area contributed by atoms with E-state index in [2.05, 4.69) is 54.3 Å². The van der Waals surface area contributed by atoms with Gasteiger partial charge in [0.25, 0.3) is 0 Å². The fourth-order valence-corrected chi connectivity index (χ4v) is 3.40. The van der Waals surface area contributed by atoms with Gasteiger partial charge >= 0.3 is 0 Å². The minimum absolute atomic E-state index is 0.958. The molecule has 0 atom stereocenters. The molecule has 0 radical (unpaired) electrons. The van der Waals surface area contributed by atoms with Crippen molar-refractivity contribution in [1.29, 1.82) is 0 Å². The zero-order valence-electron chi connectivity index (χ0n) is 13.0. The number of aryl methyl sites for hydroxylation is 1. The Hall–Kier alpha value is -2.22. The Bertz CT molecular complexity index is 782. The predicted molar refractivity (Wildman–Crippen MR) is 92.5 cm³/mol. The van der Waals surface area contributed by atoms with Crippen molar-refractivity contribution in [2.45, 2.75) is 26.2 Å². The van der Waals surface area contributed by atoms with Crippen LogP contribution in [-0.4, -0.2) is 13.1 Å². The summed E-state index contributed by atoms with van der Waals surface area (Å²) < 4.78 is 6.25. The van der Waals surface area contributed by atoms with Crippen molar-refractivity contribution in [3.63, 3.8) is 0 Å². The molecule has 22 heavy (non-hydrogen) atoms. The lowest BCUT2D eigenvalue weighted by Crippen LogP contribution is -2.29. The molecule has 4 rings (SSSR count). The average Bonchev–Trinajstić information content (AvgIpc) is 2.99. The molecular weight excluding hydrogens is 270 g/mol. The van der Waals surface area contributed by atoms with Gasteiger partial charge in [-0.25, -0.2) is 0 Å². The maximum absolute atomic E-state index is 6.25. The highest BCUT2D eigenvalue weighted by Crippen LogP contribution is 2.36. The second-order valence-electron chi connectivity index (χ2n) is 6.23.